The van der Waals surface area contributed by atoms with Gasteiger partial charge in [0.25, 0.3) is 0 Å². The fraction of sp³-hybridized carbons (Fsp3) is 0.538. The van der Waals surface area contributed by atoms with Crippen molar-refractivity contribution in [3.63, 3.8) is 0 Å². The molecule has 0 bridgehead atoms. The van der Waals surface area contributed by atoms with Gasteiger partial charge >= 0.3 is 0 Å². The van der Waals surface area contributed by atoms with Gasteiger partial charge in [-0.3, -0.25) is 0 Å². The van der Waals surface area contributed by atoms with Crippen molar-refractivity contribution in [2.75, 3.05) is 0 Å². The Morgan fingerprint density at radius 2 is 1.71 bits per heavy atom. The number of allylic oxidation sites excluding steroid dienone is 1. The Morgan fingerprint density at radius 3 is 1.86 bits per heavy atom. The topological polar surface area (TPSA) is 13.1 Å². The molecule has 1 heteroatoms. The smallest absolute Gasteiger partial charge is 0.106 e. The van der Waals surface area contributed by atoms with Crippen LogP contribution in [0.4, 0.5) is 0 Å². The fourth-order valence-corrected chi connectivity index (χ4v) is 0.764. The van der Waals surface area contributed by atoms with Crippen molar-refractivity contribution in [1.82, 2.24) is 0 Å². The third-order valence-electron chi connectivity index (χ3n) is 1.33. The average Bonchev–Trinajstić information content (AvgIpc) is 2.57. The highest BCUT2D eigenvalue weighted by molar-refractivity contribution is 5.08. The first-order chi connectivity index (χ1) is 6.61. The van der Waals surface area contributed by atoms with Gasteiger partial charge in [-0.15, -0.1) is 6.58 Å². The molecule has 1 aromatic heterocycles. The maximum absolute atomic E-state index is 5.34. The maximum atomic E-state index is 5.34. The molecule has 1 nitrogen and oxygen atoms in total. The predicted octanol–water partition coefficient (Wildman–Crippen LogP) is 4.93. The second kappa shape index (κ2) is 10.1. The molecule has 82 valence electrons. The molecule has 0 fully saturated rings. The van der Waals surface area contributed by atoms with Crippen LogP contribution in [0.2, 0.25) is 0 Å². The van der Waals surface area contributed by atoms with Crippen molar-refractivity contribution in [3.05, 3.63) is 36.3 Å². The van der Waals surface area contributed by atoms with Crippen LogP contribution < -0.4 is 0 Å². The monoisotopic (exact) mass is 196 g/mol. The van der Waals surface area contributed by atoms with Crippen molar-refractivity contribution in [3.8, 4) is 0 Å². The Morgan fingerprint density at radius 1 is 1.29 bits per heavy atom. The van der Waals surface area contributed by atoms with Gasteiger partial charge in [-0.25, -0.2) is 0 Å². The summed E-state index contributed by atoms with van der Waals surface area (Å²) in [5, 5.41) is 0. The van der Waals surface area contributed by atoms with Crippen LogP contribution in [0.15, 0.2) is 29.2 Å². The molecule has 0 aliphatic rings. The standard InChI is InChI=1S/C8H12O.C3H6.C2H6/c1-6(2)8-5-4-7(3)9-8;1-3-2;1-2/h4-6H,1-3H3;3H,1H2,2H3;1-2H3. The van der Waals surface area contributed by atoms with E-state index < -0.39 is 0 Å². The summed E-state index contributed by atoms with van der Waals surface area (Å²) in [6.07, 6.45) is 1.75. The molecule has 0 aliphatic heterocycles. The molecular weight excluding hydrogens is 172 g/mol. The lowest BCUT2D eigenvalue weighted by molar-refractivity contribution is 0.463. The van der Waals surface area contributed by atoms with Crippen LogP contribution in [0.3, 0.4) is 0 Å². The Kier molecular flexibility index (Phi) is 11.2. The molecule has 0 spiro atoms. The van der Waals surface area contributed by atoms with E-state index in [4.69, 9.17) is 4.42 Å². The van der Waals surface area contributed by atoms with Gasteiger partial charge in [0, 0.05) is 5.92 Å². The molecule has 0 aliphatic carbocycles. The zero-order chi connectivity index (χ0) is 11.6. The third kappa shape index (κ3) is 7.66. The molecule has 0 unspecified atom stereocenters. The Labute approximate surface area is 88.8 Å². The number of aryl methyl sites for hydroxylation is 1. The molecular formula is C13H24O. The lowest BCUT2D eigenvalue weighted by Gasteiger charge is -1.96. The van der Waals surface area contributed by atoms with E-state index in [1.54, 1.807) is 6.08 Å². The molecule has 1 rings (SSSR count). The molecule has 1 heterocycles. The van der Waals surface area contributed by atoms with Crippen LogP contribution in [-0.2, 0) is 0 Å². The molecule has 0 amide bonds. The molecule has 0 aromatic carbocycles. The molecule has 0 saturated heterocycles. The van der Waals surface area contributed by atoms with Crippen LogP contribution in [0.1, 0.15) is 52.1 Å². The number of rotatable bonds is 1. The van der Waals surface area contributed by atoms with E-state index in [9.17, 15) is 0 Å². The molecule has 0 N–H and O–H groups in total. The normalized spacial score (nSPS) is 8.21. The van der Waals surface area contributed by atoms with Gasteiger partial charge in [-0.1, -0.05) is 33.8 Å². The summed E-state index contributed by atoms with van der Waals surface area (Å²) in [6.45, 7) is 15.5. The summed E-state index contributed by atoms with van der Waals surface area (Å²) in [7, 11) is 0. The van der Waals surface area contributed by atoms with Gasteiger partial charge in [0.05, 0.1) is 0 Å². The summed E-state index contributed by atoms with van der Waals surface area (Å²) in [5.41, 5.74) is 0. The third-order valence-corrected chi connectivity index (χ3v) is 1.33. The summed E-state index contributed by atoms with van der Waals surface area (Å²) in [6, 6.07) is 4.02. The van der Waals surface area contributed by atoms with Crippen LogP contribution in [-0.4, -0.2) is 0 Å². The van der Waals surface area contributed by atoms with Gasteiger partial charge in [-0.05, 0) is 26.0 Å². The van der Waals surface area contributed by atoms with Gasteiger partial charge in [0.2, 0.25) is 0 Å². The first-order valence-corrected chi connectivity index (χ1v) is 5.25. The Balaban J connectivity index is 0. The molecule has 0 radical (unpaired) electrons. The van der Waals surface area contributed by atoms with Gasteiger partial charge in [0.15, 0.2) is 0 Å². The van der Waals surface area contributed by atoms with Crippen molar-refractivity contribution in [2.45, 2.75) is 47.5 Å². The molecule has 14 heavy (non-hydrogen) atoms. The first kappa shape index (κ1) is 15.5. The average molecular weight is 196 g/mol. The van der Waals surface area contributed by atoms with Crippen LogP contribution in [0, 0.1) is 6.92 Å². The van der Waals surface area contributed by atoms with Gasteiger partial charge in [-0.2, -0.15) is 0 Å². The highest BCUT2D eigenvalue weighted by Crippen LogP contribution is 2.16. The summed E-state index contributed by atoms with van der Waals surface area (Å²) >= 11 is 0. The molecule has 0 atom stereocenters. The lowest BCUT2D eigenvalue weighted by Crippen LogP contribution is -1.79. The maximum Gasteiger partial charge on any atom is 0.106 e. The Hall–Kier alpha value is -0.980. The second-order valence-electron chi connectivity index (χ2n) is 3.01. The van der Waals surface area contributed by atoms with Crippen LogP contribution in [0.25, 0.3) is 0 Å². The highest BCUT2D eigenvalue weighted by atomic mass is 16.3. The Bertz CT molecular complexity index is 221. The van der Waals surface area contributed by atoms with E-state index in [0.717, 1.165) is 11.5 Å². The lowest BCUT2D eigenvalue weighted by atomic mass is 10.2. The fourth-order valence-electron chi connectivity index (χ4n) is 0.764. The molecule has 1 aromatic rings. The predicted molar refractivity (Wildman–Crippen MR) is 64.8 cm³/mol. The minimum Gasteiger partial charge on any atom is -0.466 e. The largest absolute Gasteiger partial charge is 0.466 e. The summed E-state index contributed by atoms with van der Waals surface area (Å²) in [5.74, 6) is 2.59. The van der Waals surface area contributed by atoms with E-state index in [-0.39, 0.29) is 0 Å². The zero-order valence-corrected chi connectivity index (χ0v) is 10.4. The van der Waals surface area contributed by atoms with Gasteiger partial charge in [0.1, 0.15) is 11.5 Å². The van der Waals surface area contributed by atoms with Crippen LogP contribution >= 0.6 is 0 Å². The quantitative estimate of drug-likeness (QED) is 0.580. The minimum atomic E-state index is 0.513. The van der Waals surface area contributed by atoms with Crippen molar-refractivity contribution < 1.29 is 4.42 Å². The SMILES string of the molecule is C=CC.CC.Cc1ccc(C(C)C)o1. The number of hydrogen-bond donors (Lipinski definition) is 0. The van der Waals surface area contributed by atoms with Crippen molar-refractivity contribution >= 4 is 0 Å². The molecule has 0 saturated carbocycles. The first-order valence-electron chi connectivity index (χ1n) is 5.25. The van der Waals surface area contributed by atoms with E-state index in [1.807, 2.05) is 39.8 Å². The van der Waals surface area contributed by atoms with E-state index in [0.29, 0.717) is 5.92 Å². The zero-order valence-electron chi connectivity index (χ0n) is 10.4. The van der Waals surface area contributed by atoms with Crippen LogP contribution in [0.5, 0.6) is 0 Å². The highest BCUT2D eigenvalue weighted by Gasteiger charge is 2.01. The van der Waals surface area contributed by atoms with Crippen molar-refractivity contribution in [1.29, 1.82) is 0 Å². The number of furan rings is 1. The van der Waals surface area contributed by atoms with E-state index in [1.165, 1.54) is 0 Å². The number of hydrogen-bond acceptors (Lipinski definition) is 1. The van der Waals surface area contributed by atoms with Gasteiger partial charge < -0.3 is 4.42 Å². The second-order valence-corrected chi connectivity index (χ2v) is 3.01. The summed E-state index contributed by atoms with van der Waals surface area (Å²) in [4.78, 5) is 0. The van der Waals surface area contributed by atoms with E-state index >= 15 is 0 Å². The summed E-state index contributed by atoms with van der Waals surface area (Å²) < 4.78 is 5.34. The van der Waals surface area contributed by atoms with Crippen molar-refractivity contribution in [2.24, 2.45) is 0 Å². The van der Waals surface area contributed by atoms with E-state index in [2.05, 4.69) is 20.4 Å². The minimum absolute atomic E-state index is 0.513.